The SMILES string of the molecule is Cc1cc(OC(=O)CCCOc2ccc(C(C)C)cc2Br)cc(C)c1Cl. The lowest BCUT2D eigenvalue weighted by Crippen LogP contribution is -2.10. The molecule has 0 radical (unpaired) electrons. The van der Waals surface area contributed by atoms with Gasteiger partial charge in [0.25, 0.3) is 0 Å². The van der Waals surface area contributed by atoms with Gasteiger partial charge in [0.2, 0.25) is 0 Å². The molecule has 0 heterocycles. The van der Waals surface area contributed by atoms with Crippen LogP contribution in [0.2, 0.25) is 5.02 Å². The monoisotopic (exact) mass is 438 g/mol. The number of rotatable bonds is 7. The molecule has 0 fully saturated rings. The van der Waals surface area contributed by atoms with Crippen LogP contribution in [0.5, 0.6) is 11.5 Å². The summed E-state index contributed by atoms with van der Waals surface area (Å²) >= 11 is 9.66. The minimum absolute atomic E-state index is 0.274. The first kappa shape index (κ1) is 20.8. The Morgan fingerprint density at radius 1 is 1.15 bits per heavy atom. The van der Waals surface area contributed by atoms with Crippen molar-refractivity contribution >= 4 is 33.5 Å². The maximum absolute atomic E-state index is 12.0. The Balaban J connectivity index is 1.80. The van der Waals surface area contributed by atoms with Crippen LogP contribution in [-0.4, -0.2) is 12.6 Å². The average molecular weight is 440 g/mol. The molecule has 0 spiro atoms. The fourth-order valence-corrected chi connectivity index (χ4v) is 3.16. The first-order chi connectivity index (χ1) is 12.3. The van der Waals surface area contributed by atoms with Gasteiger partial charge in [0, 0.05) is 11.4 Å². The molecule has 0 bridgehead atoms. The topological polar surface area (TPSA) is 35.5 Å². The van der Waals surface area contributed by atoms with E-state index in [9.17, 15) is 4.79 Å². The fourth-order valence-electron chi connectivity index (χ4n) is 2.54. The number of benzene rings is 2. The van der Waals surface area contributed by atoms with E-state index in [2.05, 4.69) is 41.9 Å². The van der Waals surface area contributed by atoms with E-state index >= 15 is 0 Å². The van der Waals surface area contributed by atoms with Crippen molar-refractivity contribution in [3.8, 4) is 11.5 Å². The number of aryl methyl sites for hydroxylation is 2. The molecule has 0 aliphatic rings. The van der Waals surface area contributed by atoms with E-state index in [1.54, 1.807) is 12.1 Å². The van der Waals surface area contributed by atoms with E-state index in [1.807, 2.05) is 19.9 Å². The highest BCUT2D eigenvalue weighted by Gasteiger charge is 2.10. The maximum Gasteiger partial charge on any atom is 0.311 e. The molecule has 140 valence electrons. The number of hydrogen-bond acceptors (Lipinski definition) is 3. The Morgan fingerprint density at radius 3 is 2.38 bits per heavy atom. The molecule has 0 unspecified atom stereocenters. The molecule has 0 saturated carbocycles. The highest BCUT2D eigenvalue weighted by Crippen LogP contribution is 2.29. The smallest absolute Gasteiger partial charge is 0.311 e. The normalized spacial score (nSPS) is 10.9. The second kappa shape index (κ2) is 9.43. The molecular formula is C21H24BrClO3. The first-order valence-corrected chi connectivity index (χ1v) is 9.84. The predicted molar refractivity (Wildman–Crippen MR) is 110 cm³/mol. The zero-order chi connectivity index (χ0) is 19.3. The molecule has 0 aromatic heterocycles. The zero-order valence-corrected chi connectivity index (χ0v) is 17.9. The van der Waals surface area contributed by atoms with E-state index in [-0.39, 0.29) is 5.97 Å². The quantitative estimate of drug-likeness (QED) is 0.277. The molecule has 2 rings (SSSR count). The van der Waals surface area contributed by atoms with Crippen LogP contribution < -0.4 is 9.47 Å². The molecule has 26 heavy (non-hydrogen) atoms. The number of carbonyl (C=O) groups is 1. The molecule has 5 heteroatoms. The van der Waals surface area contributed by atoms with Crippen LogP contribution in [0.25, 0.3) is 0 Å². The molecular weight excluding hydrogens is 416 g/mol. The summed E-state index contributed by atoms with van der Waals surface area (Å²) in [6.07, 6.45) is 0.880. The van der Waals surface area contributed by atoms with Crippen molar-refractivity contribution in [2.75, 3.05) is 6.61 Å². The predicted octanol–water partition coefficient (Wildman–Crippen LogP) is 6.61. The largest absolute Gasteiger partial charge is 0.492 e. The van der Waals surface area contributed by atoms with E-state index in [0.717, 1.165) is 21.3 Å². The van der Waals surface area contributed by atoms with Gasteiger partial charge >= 0.3 is 5.97 Å². The lowest BCUT2D eigenvalue weighted by Gasteiger charge is -2.11. The van der Waals surface area contributed by atoms with Gasteiger partial charge in [-0.3, -0.25) is 4.79 Å². The Morgan fingerprint density at radius 2 is 1.81 bits per heavy atom. The highest BCUT2D eigenvalue weighted by atomic mass is 79.9. The van der Waals surface area contributed by atoms with E-state index < -0.39 is 0 Å². The second-order valence-corrected chi connectivity index (χ2v) is 7.87. The lowest BCUT2D eigenvalue weighted by molar-refractivity contribution is -0.134. The molecule has 0 aliphatic heterocycles. The summed E-state index contributed by atoms with van der Waals surface area (Å²) < 4.78 is 12.1. The van der Waals surface area contributed by atoms with Crippen LogP contribution in [0.3, 0.4) is 0 Å². The van der Waals surface area contributed by atoms with Crippen LogP contribution in [0.4, 0.5) is 0 Å². The van der Waals surface area contributed by atoms with Crippen molar-refractivity contribution in [3.63, 3.8) is 0 Å². The Bertz CT molecular complexity index is 764. The second-order valence-electron chi connectivity index (χ2n) is 6.64. The zero-order valence-electron chi connectivity index (χ0n) is 15.6. The van der Waals surface area contributed by atoms with Crippen LogP contribution >= 0.6 is 27.5 Å². The lowest BCUT2D eigenvalue weighted by atomic mass is 10.0. The molecule has 0 atom stereocenters. The number of esters is 1. The van der Waals surface area contributed by atoms with Gasteiger partial charge < -0.3 is 9.47 Å². The van der Waals surface area contributed by atoms with Gasteiger partial charge in [-0.1, -0.05) is 31.5 Å². The van der Waals surface area contributed by atoms with Gasteiger partial charge in [0.05, 0.1) is 11.1 Å². The summed E-state index contributed by atoms with van der Waals surface area (Å²) in [7, 11) is 0. The summed E-state index contributed by atoms with van der Waals surface area (Å²) in [5.41, 5.74) is 3.04. The number of halogens is 2. The summed E-state index contributed by atoms with van der Waals surface area (Å²) in [6.45, 7) is 8.54. The Hall–Kier alpha value is -1.52. The van der Waals surface area contributed by atoms with Crippen molar-refractivity contribution in [3.05, 3.63) is 56.5 Å². The third kappa shape index (κ3) is 5.75. The third-order valence-corrected chi connectivity index (χ3v) is 5.26. The standard InChI is InChI=1S/C21H24BrClO3/c1-13(2)16-7-8-19(18(22)12-16)25-9-5-6-20(24)26-17-10-14(3)21(23)15(4)11-17/h7-8,10-13H,5-6,9H2,1-4H3. The van der Waals surface area contributed by atoms with Gasteiger partial charge in [-0.05, 0) is 83.1 Å². The summed E-state index contributed by atoms with van der Waals surface area (Å²) in [5, 5.41) is 0.701. The van der Waals surface area contributed by atoms with E-state index in [4.69, 9.17) is 21.1 Å². The fraction of sp³-hybridized carbons (Fsp3) is 0.381. The van der Waals surface area contributed by atoms with Gasteiger partial charge in [-0.25, -0.2) is 0 Å². The average Bonchev–Trinajstić information content (AvgIpc) is 2.57. The van der Waals surface area contributed by atoms with Crippen LogP contribution in [0, 0.1) is 13.8 Å². The number of carbonyl (C=O) groups excluding carboxylic acids is 1. The van der Waals surface area contributed by atoms with E-state index in [0.29, 0.717) is 36.1 Å². The molecule has 2 aromatic carbocycles. The molecule has 0 amide bonds. The molecule has 3 nitrogen and oxygen atoms in total. The molecule has 0 aliphatic carbocycles. The van der Waals surface area contributed by atoms with Crippen molar-refractivity contribution in [1.29, 1.82) is 0 Å². The first-order valence-electron chi connectivity index (χ1n) is 8.67. The maximum atomic E-state index is 12.0. The molecule has 0 saturated heterocycles. The van der Waals surface area contributed by atoms with Crippen molar-refractivity contribution in [1.82, 2.24) is 0 Å². The Labute approximate surface area is 168 Å². The number of ether oxygens (including phenoxy) is 2. The van der Waals surface area contributed by atoms with Crippen LogP contribution in [-0.2, 0) is 4.79 Å². The Kier molecular flexibility index (Phi) is 7.54. The summed E-state index contributed by atoms with van der Waals surface area (Å²) in [5.74, 6) is 1.51. The van der Waals surface area contributed by atoms with Gasteiger partial charge in [-0.15, -0.1) is 0 Å². The van der Waals surface area contributed by atoms with E-state index in [1.165, 1.54) is 5.56 Å². The molecule has 2 aromatic rings. The number of hydrogen-bond donors (Lipinski definition) is 0. The van der Waals surface area contributed by atoms with Crippen molar-refractivity contribution < 1.29 is 14.3 Å². The highest BCUT2D eigenvalue weighted by molar-refractivity contribution is 9.10. The van der Waals surface area contributed by atoms with Crippen molar-refractivity contribution in [2.24, 2.45) is 0 Å². The van der Waals surface area contributed by atoms with Gasteiger partial charge in [0.15, 0.2) is 0 Å². The van der Waals surface area contributed by atoms with Gasteiger partial charge in [-0.2, -0.15) is 0 Å². The van der Waals surface area contributed by atoms with Crippen LogP contribution in [0.1, 0.15) is 49.3 Å². The molecule has 0 N–H and O–H groups in total. The van der Waals surface area contributed by atoms with Crippen LogP contribution in [0.15, 0.2) is 34.8 Å². The van der Waals surface area contributed by atoms with Crippen molar-refractivity contribution in [2.45, 2.75) is 46.5 Å². The summed E-state index contributed by atoms with van der Waals surface area (Å²) in [4.78, 5) is 12.0. The summed E-state index contributed by atoms with van der Waals surface area (Å²) in [6, 6.07) is 9.63. The minimum Gasteiger partial charge on any atom is -0.492 e. The minimum atomic E-state index is -0.274. The third-order valence-electron chi connectivity index (χ3n) is 4.05. The van der Waals surface area contributed by atoms with Gasteiger partial charge in [0.1, 0.15) is 11.5 Å².